The van der Waals surface area contributed by atoms with Crippen LogP contribution in [-0.2, 0) is 10.1 Å². The van der Waals surface area contributed by atoms with Crippen LogP contribution in [0.2, 0.25) is 0 Å². The Morgan fingerprint density at radius 3 is 2.81 bits per heavy atom. The molecule has 0 radical (unpaired) electrons. The smallest absolute Gasteiger partial charge is 0.203 e. The number of oxime groups is 1. The molecule has 0 saturated heterocycles. The average Bonchev–Trinajstić information content (AvgIpc) is 3.00. The van der Waals surface area contributed by atoms with E-state index in [4.69, 9.17) is 4.63 Å². The summed E-state index contributed by atoms with van der Waals surface area (Å²) in [5.41, 5.74) is 0.601. The third-order valence-electron chi connectivity index (χ3n) is 3.10. The van der Waals surface area contributed by atoms with Crippen molar-refractivity contribution in [3.05, 3.63) is 34.2 Å². The summed E-state index contributed by atoms with van der Waals surface area (Å²) in [6, 6.07) is 4.09. The normalized spacial score (nSPS) is 14.1. The zero-order valence-corrected chi connectivity index (χ0v) is 16.8. The van der Waals surface area contributed by atoms with Crippen LogP contribution in [0.4, 0.5) is 15.9 Å². The van der Waals surface area contributed by atoms with E-state index in [0.29, 0.717) is 12.2 Å². The molecule has 2 aromatic rings. The zero-order valence-electron chi connectivity index (χ0n) is 14.3. The van der Waals surface area contributed by atoms with Gasteiger partial charge in [0.2, 0.25) is 11.7 Å². The van der Waals surface area contributed by atoms with E-state index in [9.17, 15) is 13.8 Å². The van der Waals surface area contributed by atoms with Gasteiger partial charge in [0.25, 0.3) is 0 Å². The lowest BCUT2D eigenvalue weighted by Crippen LogP contribution is -2.40. The summed E-state index contributed by atoms with van der Waals surface area (Å²) in [6.45, 7) is 2.24. The maximum Gasteiger partial charge on any atom is 0.203 e. The largest absolute Gasteiger partial charge is 0.409 e. The van der Waals surface area contributed by atoms with Crippen LogP contribution in [0.5, 0.6) is 0 Å². The minimum Gasteiger partial charge on any atom is -0.409 e. The molecule has 9 nitrogen and oxygen atoms in total. The van der Waals surface area contributed by atoms with Gasteiger partial charge in [-0.1, -0.05) is 15.3 Å². The highest BCUT2D eigenvalue weighted by Crippen LogP contribution is 2.21. The molecule has 0 fully saturated rings. The van der Waals surface area contributed by atoms with Gasteiger partial charge in [0.1, 0.15) is 5.82 Å². The van der Waals surface area contributed by atoms with Gasteiger partial charge in [0.15, 0.2) is 5.69 Å². The molecule has 1 aromatic carbocycles. The number of halogens is 2. The maximum atomic E-state index is 13.3. The SMILES string of the molecule is CC(CNc1nonc1/C(=N/O)Nc1ccc(F)c(Br)c1)N[SH](C)(C)=O. The summed E-state index contributed by atoms with van der Waals surface area (Å²) in [5, 5.41) is 25.7. The van der Waals surface area contributed by atoms with Crippen LogP contribution in [-0.4, -0.2) is 50.7 Å². The van der Waals surface area contributed by atoms with Crippen LogP contribution in [0, 0.1) is 5.82 Å². The summed E-state index contributed by atoms with van der Waals surface area (Å²) < 4.78 is 33.0. The fourth-order valence-corrected chi connectivity index (χ4v) is 3.66. The van der Waals surface area contributed by atoms with E-state index in [1.54, 1.807) is 12.5 Å². The summed E-state index contributed by atoms with van der Waals surface area (Å²) in [7, 11) is -2.38. The summed E-state index contributed by atoms with van der Waals surface area (Å²) in [4.78, 5) is 0. The van der Waals surface area contributed by atoms with Crippen molar-refractivity contribution in [2.75, 3.05) is 29.7 Å². The number of hydrogen-bond acceptors (Lipinski definition) is 7. The number of benzene rings is 1. The van der Waals surface area contributed by atoms with Crippen molar-refractivity contribution in [1.82, 2.24) is 15.0 Å². The Kier molecular flexibility index (Phi) is 6.67. The molecule has 0 amide bonds. The number of amidine groups is 1. The molecule has 0 aliphatic heterocycles. The van der Waals surface area contributed by atoms with E-state index >= 15 is 0 Å². The van der Waals surface area contributed by atoms with Crippen molar-refractivity contribution < 1.29 is 18.4 Å². The van der Waals surface area contributed by atoms with Gasteiger partial charge in [0.05, 0.1) is 4.47 Å². The van der Waals surface area contributed by atoms with Gasteiger partial charge in [-0.25, -0.2) is 9.02 Å². The molecule has 12 heteroatoms. The van der Waals surface area contributed by atoms with Gasteiger partial charge in [-0.15, -0.1) is 0 Å². The van der Waals surface area contributed by atoms with Crippen molar-refractivity contribution in [2.45, 2.75) is 13.0 Å². The molecule has 26 heavy (non-hydrogen) atoms. The van der Waals surface area contributed by atoms with E-state index in [1.807, 2.05) is 6.92 Å². The molecular weight excluding hydrogens is 431 g/mol. The summed E-state index contributed by atoms with van der Waals surface area (Å²) in [6.07, 6.45) is 3.27. The molecule has 144 valence electrons. The highest BCUT2D eigenvalue weighted by atomic mass is 79.9. The lowest BCUT2D eigenvalue weighted by atomic mass is 10.3. The minimum absolute atomic E-state index is 0.0375. The average molecular weight is 451 g/mol. The van der Waals surface area contributed by atoms with Crippen LogP contribution in [0.1, 0.15) is 12.6 Å². The number of anilines is 2. The number of nitrogens with one attached hydrogen (secondary N) is 3. The third-order valence-corrected chi connectivity index (χ3v) is 4.77. The van der Waals surface area contributed by atoms with Crippen LogP contribution in [0.15, 0.2) is 32.5 Å². The minimum atomic E-state index is -2.38. The molecule has 0 aliphatic carbocycles. The van der Waals surface area contributed by atoms with Crippen molar-refractivity contribution >= 4 is 43.4 Å². The van der Waals surface area contributed by atoms with Crippen LogP contribution >= 0.6 is 15.9 Å². The van der Waals surface area contributed by atoms with Crippen molar-refractivity contribution in [3.63, 3.8) is 0 Å². The second-order valence-corrected chi connectivity index (χ2v) is 9.74. The topological polar surface area (TPSA) is 125 Å². The monoisotopic (exact) mass is 450 g/mol. The van der Waals surface area contributed by atoms with Gasteiger partial charge in [0, 0.05) is 30.8 Å². The molecule has 2 rings (SSSR count). The number of rotatable bonds is 7. The van der Waals surface area contributed by atoms with Crippen LogP contribution in [0.3, 0.4) is 0 Å². The molecule has 0 aliphatic rings. The first kappa shape index (κ1) is 20.3. The molecule has 1 atom stereocenters. The van der Waals surface area contributed by atoms with Gasteiger partial charge >= 0.3 is 0 Å². The van der Waals surface area contributed by atoms with E-state index in [1.165, 1.54) is 18.2 Å². The van der Waals surface area contributed by atoms with E-state index in [0.717, 1.165) is 0 Å². The first-order valence-electron chi connectivity index (χ1n) is 7.53. The van der Waals surface area contributed by atoms with Gasteiger partial charge in [-0.3, -0.25) is 8.93 Å². The molecule has 0 saturated carbocycles. The summed E-state index contributed by atoms with van der Waals surface area (Å²) >= 11 is 3.08. The van der Waals surface area contributed by atoms with E-state index < -0.39 is 15.9 Å². The van der Waals surface area contributed by atoms with Crippen molar-refractivity contribution in [1.29, 1.82) is 0 Å². The number of nitrogens with zero attached hydrogens (tertiary/aromatic N) is 3. The fraction of sp³-hybridized carbons (Fsp3) is 0.357. The molecule has 4 N–H and O–H groups in total. The third kappa shape index (κ3) is 5.75. The number of hydrogen-bond donors (Lipinski definition) is 5. The highest BCUT2D eigenvalue weighted by molar-refractivity contribution is 9.10. The van der Waals surface area contributed by atoms with Gasteiger partial charge in [-0.2, -0.15) is 0 Å². The Bertz CT molecular complexity index is 840. The Hall–Kier alpha value is -2.05. The quantitative estimate of drug-likeness (QED) is 0.143. The van der Waals surface area contributed by atoms with Gasteiger partial charge in [-0.05, 0) is 51.4 Å². The molecule has 1 aromatic heterocycles. The molecule has 1 unspecified atom stereocenters. The maximum absolute atomic E-state index is 13.3. The predicted octanol–water partition coefficient (Wildman–Crippen LogP) is 1.80. The van der Waals surface area contributed by atoms with Gasteiger partial charge < -0.3 is 15.8 Å². The second kappa shape index (κ2) is 8.56. The van der Waals surface area contributed by atoms with E-state index in [-0.39, 0.29) is 27.9 Å². The molecule has 1 heterocycles. The lowest BCUT2D eigenvalue weighted by molar-refractivity contribution is 0.305. The Morgan fingerprint density at radius 2 is 2.19 bits per heavy atom. The zero-order chi connectivity index (χ0) is 19.3. The molecule has 0 spiro atoms. The first-order valence-corrected chi connectivity index (χ1v) is 10.9. The lowest BCUT2D eigenvalue weighted by Gasteiger charge is -2.21. The molecular formula is C14H20BrFN6O3S. The fourth-order valence-electron chi connectivity index (χ4n) is 2.13. The second-order valence-electron chi connectivity index (χ2n) is 5.93. The van der Waals surface area contributed by atoms with Crippen molar-refractivity contribution in [3.8, 4) is 0 Å². The standard InChI is InChI=1S/C14H20BrFN6O3S/c1-8(22-26(2,3)24)7-17-13-12(20-25-21-13)14(19-23)18-9-4-5-11(16)10(15)6-9/h4-6,8,23,26H,7H2,1-3H3,(H,17,21)(H,18,19)(H,22,24). The Labute approximate surface area is 159 Å². The first-order chi connectivity index (χ1) is 12.2. The molecule has 0 bridgehead atoms. The van der Waals surface area contributed by atoms with Crippen LogP contribution in [0.25, 0.3) is 0 Å². The summed E-state index contributed by atoms with van der Waals surface area (Å²) in [5.74, 6) is -0.221. The number of thiol groups is 1. The van der Waals surface area contributed by atoms with Crippen LogP contribution < -0.4 is 15.4 Å². The van der Waals surface area contributed by atoms with E-state index in [2.05, 4.69) is 46.8 Å². The van der Waals surface area contributed by atoms with Crippen molar-refractivity contribution in [2.24, 2.45) is 5.16 Å². The Balaban J connectivity index is 2.09. The Morgan fingerprint density at radius 1 is 1.46 bits per heavy atom. The predicted molar refractivity (Wildman–Crippen MR) is 103 cm³/mol. The highest BCUT2D eigenvalue weighted by Gasteiger charge is 2.19. The number of aromatic nitrogens is 2.